The van der Waals surface area contributed by atoms with E-state index in [1.165, 1.54) is 0 Å². The van der Waals surface area contributed by atoms with E-state index in [4.69, 9.17) is 18.0 Å². The second kappa shape index (κ2) is 9.35. The fourth-order valence-electron chi connectivity index (χ4n) is 1.49. The molecule has 0 saturated heterocycles. The fourth-order valence-corrected chi connectivity index (χ4v) is 3.98. The minimum absolute atomic E-state index is 0.0111. The first kappa shape index (κ1) is 22.0. The Balaban J connectivity index is 4.41. The van der Waals surface area contributed by atoms with Crippen molar-refractivity contribution in [2.45, 2.75) is 65.8 Å². The van der Waals surface area contributed by atoms with E-state index in [1.54, 1.807) is 19.9 Å². The van der Waals surface area contributed by atoms with E-state index in [1.807, 2.05) is 13.0 Å². The van der Waals surface area contributed by atoms with Gasteiger partial charge in [-0.25, -0.2) is 4.57 Å². The molecule has 0 N–H and O–H groups in total. The standard InChI is InChI=1S/C15H33O5PSi/c1-9-17-21(16,18-10-2)19-13-11-12-14(3)20-22(7,8)15(4,5)6/h11-12,14H,9-10,13H2,1-8H3/b12-11-/t14-/m0/s1. The molecule has 0 bridgehead atoms. The molecule has 0 aromatic carbocycles. The highest BCUT2D eigenvalue weighted by Crippen LogP contribution is 2.49. The van der Waals surface area contributed by atoms with Gasteiger partial charge in [-0.2, -0.15) is 0 Å². The second-order valence-corrected chi connectivity index (χ2v) is 13.0. The molecule has 0 heterocycles. The molecule has 0 unspecified atom stereocenters. The van der Waals surface area contributed by atoms with Gasteiger partial charge >= 0.3 is 7.82 Å². The summed E-state index contributed by atoms with van der Waals surface area (Å²) in [6.07, 6.45) is 3.70. The Kier molecular flexibility index (Phi) is 9.37. The predicted molar refractivity (Wildman–Crippen MR) is 93.7 cm³/mol. The van der Waals surface area contributed by atoms with Crippen LogP contribution in [0.4, 0.5) is 0 Å². The third-order valence-electron chi connectivity index (χ3n) is 3.60. The smallest absolute Gasteiger partial charge is 0.411 e. The highest BCUT2D eigenvalue weighted by atomic mass is 31.2. The number of hydrogen-bond donors (Lipinski definition) is 0. The molecule has 0 radical (unpaired) electrons. The molecule has 0 aromatic rings. The Hall–Kier alpha value is 0.0269. The van der Waals surface area contributed by atoms with E-state index in [-0.39, 0.29) is 31.0 Å². The third-order valence-corrected chi connectivity index (χ3v) is 9.78. The van der Waals surface area contributed by atoms with E-state index in [0.717, 1.165) is 0 Å². The maximum Gasteiger partial charge on any atom is 0.475 e. The SMILES string of the molecule is CCOP(=O)(OCC)OC/C=C\[C@H](C)O[Si](C)(C)C(C)(C)C. The third kappa shape index (κ3) is 8.04. The minimum Gasteiger partial charge on any atom is -0.411 e. The van der Waals surface area contributed by atoms with Gasteiger partial charge in [0.05, 0.1) is 25.9 Å². The van der Waals surface area contributed by atoms with Crippen molar-refractivity contribution < 1.29 is 22.6 Å². The zero-order chi connectivity index (χ0) is 17.4. The van der Waals surface area contributed by atoms with Crippen molar-refractivity contribution in [1.29, 1.82) is 0 Å². The lowest BCUT2D eigenvalue weighted by Crippen LogP contribution is -2.42. The quantitative estimate of drug-likeness (QED) is 0.309. The summed E-state index contributed by atoms with van der Waals surface area (Å²) in [5.74, 6) is 0. The van der Waals surface area contributed by atoms with Crippen LogP contribution in [0.3, 0.4) is 0 Å². The van der Waals surface area contributed by atoms with Crippen molar-refractivity contribution in [2.75, 3.05) is 19.8 Å². The molecule has 0 aromatic heterocycles. The lowest BCUT2D eigenvalue weighted by molar-refractivity contribution is 0.130. The highest BCUT2D eigenvalue weighted by Gasteiger charge is 2.38. The Bertz CT molecular complexity index is 380. The summed E-state index contributed by atoms with van der Waals surface area (Å²) in [6, 6.07) is 0. The summed E-state index contributed by atoms with van der Waals surface area (Å²) < 4.78 is 33.6. The molecule has 0 amide bonds. The minimum atomic E-state index is -3.43. The molecule has 0 rings (SSSR count). The van der Waals surface area contributed by atoms with Gasteiger partial charge in [0.25, 0.3) is 0 Å². The van der Waals surface area contributed by atoms with Crippen LogP contribution >= 0.6 is 7.82 Å². The van der Waals surface area contributed by atoms with Gasteiger partial charge < -0.3 is 4.43 Å². The van der Waals surface area contributed by atoms with Crippen LogP contribution in [0.5, 0.6) is 0 Å². The van der Waals surface area contributed by atoms with Gasteiger partial charge in [-0.15, -0.1) is 0 Å². The Morgan fingerprint density at radius 2 is 1.59 bits per heavy atom. The number of rotatable bonds is 10. The van der Waals surface area contributed by atoms with Crippen molar-refractivity contribution in [3.63, 3.8) is 0 Å². The molecule has 0 fully saturated rings. The Morgan fingerprint density at radius 3 is 2.00 bits per heavy atom. The monoisotopic (exact) mass is 352 g/mol. The normalized spacial score (nSPS) is 15.5. The van der Waals surface area contributed by atoms with Crippen LogP contribution in [-0.2, 0) is 22.6 Å². The summed E-state index contributed by atoms with van der Waals surface area (Å²) in [5, 5.41) is 0.172. The molecule has 1 atom stereocenters. The van der Waals surface area contributed by atoms with Crippen molar-refractivity contribution in [3.8, 4) is 0 Å². The summed E-state index contributed by atoms with van der Waals surface area (Å²) in [5.41, 5.74) is 0. The molecule has 132 valence electrons. The molecule has 0 aliphatic heterocycles. The average Bonchev–Trinajstić information content (AvgIpc) is 2.33. The largest absolute Gasteiger partial charge is 0.475 e. The first-order valence-electron chi connectivity index (χ1n) is 7.85. The summed E-state index contributed by atoms with van der Waals surface area (Å²) in [4.78, 5) is 0. The van der Waals surface area contributed by atoms with Crippen LogP contribution in [0, 0.1) is 0 Å². The van der Waals surface area contributed by atoms with E-state index in [2.05, 4.69) is 33.9 Å². The van der Waals surface area contributed by atoms with Crippen molar-refractivity contribution in [3.05, 3.63) is 12.2 Å². The van der Waals surface area contributed by atoms with E-state index < -0.39 is 16.1 Å². The molecule has 0 aliphatic rings. The van der Waals surface area contributed by atoms with Gasteiger partial charge in [0.2, 0.25) is 0 Å². The second-order valence-electron chi connectivity index (χ2n) is 6.59. The maximum absolute atomic E-state index is 12.1. The molecule has 0 spiro atoms. The lowest BCUT2D eigenvalue weighted by Gasteiger charge is -2.37. The van der Waals surface area contributed by atoms with Gasteiger partial charge in [-0.3, -0.25) is 13.6 Å². The van der Waals surface area contributed by atoms with Crippen LogP contribution in [0.1, 0.15) is 41.5 Å². The van der Waals surface area contributed by atoms with Crippen LogP contribution in [0.2, 0.25) is 18.1 Å². The van der Waals surface area contributed by atoms with Crippen LogP contribution in [-0.4, -0.2) is 34.2 Å². The summed E-state index contributed by atoms with van der Waals surface area (Å²) in [7, 11) is -5.22. The van der Waals surface area contributed by atoms with Gasteiger partial charge in [0, 0.05) is 0 Å². The topological polar surface area (TPSA) is 54.0 Å². The highest BCUT2D eigenvalue weighted by molar-refractivity contribution is 7.48. The molecule has 0 saturated carbocycles. The lowest BCUT2D eigenvalue weighted by atomic mass is 10.2. The maximum atomic E-state index is 12.1. The molecule has 7 heteroatoms. The van der Waals surface area contributed by atoms with E-state index in [0.29, 0.717) is 0 Å². The van der Waals surface area contributed by atoms with Crippen LogP contribution in [0.25, 0.3) is 0 Å². The number of phosphoric acid groups is 1. The fraction of sp³-hybridized carbons (Fsp3) is 0.867. The first-order valence-corrected chi connectivity index (χ1v) is 12.2. The molecule has 0 aliphatic carbocycles. The zero-order valence-corrected chi connectivity index (χ0v) is 17.2. The number of hydrogen-bond acceptors (Lipinski definition) is 5. The Morgan fingerprint density at radius 1 is 1.09 bits per heavy atom. The first-order chi connectivity index (χ1) is 9.97. The molecule has 22 heavy (non-hydrogen) atoms. The molecule has 5 nitrogen and oxygen atoms in total. The van der Waals surface area contributed by atoms with Gasteiger partial charge in [0.15, 0.2) is 8.32 Å². The van der Waals surface area contributed by atoms with Crippen molar-refractivity contribution in [1.82, 2.24) is 0 Å². The van der Waals surface area contributed by atoms with Crippen molar-refractivity contribution >= 4 is 16.1 Å². The number of phosphoric ester groups is 1. The van der Waals surface area contributed by atoms with Crippen molar-refractivity contribution in [2.24, 2.45) is 0 Å². The zero-order valence-electron chi connectivity index (χ0n) is 15.3. The Labute approximate surface area is 137 Å². The van der Waals surface area contributed by atoms with Gasteiger partial charge in [-0.05, 0) is 38.9 Å². The van der Waals surface area contributed by atoms with Gasteiger partial charge in [-0.1, -0.05) is 32.9 Å². The molecular weight excluding hydrogens is 319 g/mol. The van der Waals surface area contributed by atoms with Gasteiger partial charge in [0.1, 0.15) is 0 Å². The predicted octanol–water partition coefficient (Wildman–Crippen LogP) is 5.15. The summed E-state index contributed by atoms with van der Waals surface area (Å²) >= 11 is 0. The van der Waals surface area contributed by atoms with Crippen LogP contribution < -0.4 is 0 Å². The molecular formula is C15H33O5PSi. The average molecular weight is 352 g/mol. The van der Waals surface area contributed by atoms with E-state index >= 15 is 0 Å². The summed E-state index contributed by atoms with van der Waals surface area (Å²) in [6.45, 7) is 17.3. The van der Waals surface area contributed by atoms with Crippen LogP contribution in [0.15, 0.2) is 12.2 Å². The van der Waals surface area contributed by atoms with E-state index in [9.17, 15) is 4.57 Å².